The Bertz CT molecular complexity index is 774. The zero-order chi connectivity index (χ0) is 17.4. The van der Waals surface area contributed by atoms with Crippen LogP contribution in [-0.2, 0) is 17.0 Å². The van der Waals surface area contributed by atoms with Gasteiger partial charge in [-0.3, -0.25) is 9.59 Å². The number of hydrogen-bond donors (Lipinski definition) is 2. The van der Waals surface area contributed by atoms with Gasteiger partial charge in [-0.1, -0.05) is 30.0 Å². The monoisotopic (exact) mass is 345 g/mol. The number of nitrogens with zero attached hydrogens (tertiary/aromatic N) is 1. The highest BCUT2D eigenvalue weighted by Gasteiger charge is 2.07. The van der Waals surface area contributed by atoms with Gasteiger partial charge in [0.25, 0.3) is 5.56 Å². The molecule has 2 aromatic rings. The molecule has 0 aliphatic heterocycles. The van der Waals surface area contributed by atoms with E-state index in [0.717, 1.165) is 11.3 Å². The second-order valence-electron chi connectivity index (χ2n) is 4.95. The number of hydrogen-bond acceptors (Lipinski definition) is 5. The van der Waals surface area contributed by atoms with Crippen LogP contribution in [0.15, 0.2) is 52.9 Å². The fraction of sp³-hybridized carbons (Fsp3) is 0.235. The van der Waals surface area contributed by atoms with E-state index in [1.165, 1.54) is 17.8 Å². The number of aromatic nitrogens is 2. The van der Waals surface area contributed by atoms with Crippen molar-refractivity contribution in [2.75, 3.05) is 13.7 Å². The average Bonchev–Trinajstić information content (AvgIpc) is 2.58. The molecule has 1 heterocycles. The second-order valence-corrected chi connectivity index (χ2v) is 5.92. The minimum atomic E-state index is -0.273. The van der Waals surface area contributed by atoms with Gasteiger partial charge in [-0.2, -0.15) is 0 Å². The highest BCUT2D eigenvalue weighted by Crippen LogP contribution is 2.21. The summed E-state index contributed by atoms with van der Waals surface area (Å²) in [5.74, 6) is 1.21. The number of rotatable bonds is 8. The maximum absolute atomic E-state index is 11.7. The molecular formula is C17H19N3O3S. The van der Waals surface area contributed by atoms with Crippen molar-refractivity contribution in [2.45, 2.75) is 17.3 Å². The highest BCUT2D eigenvalue weighted by atomic mass is 32.2. The predicted octanol–water partition coefficient (Wildman–Crippen LogP) is 1.92. The van der Waals surface area contributed by atoms with E-state index >= 15 is 0 Å². The molecule has 0 radical (unpaired) electrons. The Morgan fingerprint density at radius 2 is 2.29 bits per heavy atom. The maximum atomic E-state index is 11.7. The van der Waals surface area contributed by atoms with E-state index in [0.29, 0.717) is 23.1 Å². The van der Waals surface area contributed by atoms with E-state index in [1.807, 2.05) is 24.3 Å². The van der Waals surface area contributed by atoms with Crippen molar-refractivity contribution >= 4 is 17.7 Å². The molecule has 0 aliphatic rings. The first kappa shape index (κ1) is 17.8. The number of H-pyrrole nitrogens is 1. The van der Waals surface area contributed by atoms with Gasteiger partial charge in [-0.25, -0.2) is 4.98 Å². The molecular weight excluding hydrogens is 326 g/mol. The average molecular weight is 345 g/mol. The summed E-state index contributed by atoms with van der Waals surface area (Å²) in [5, 5.41) is 3.14. The fourth-order valence-electron chi connectivity index (χ4n) is 1.97. The molecule has 0 atom stereocenters. The summed E-state index contributed by atoms with van der Waals surface area (Å²) in [6.45, 7) is 3.92. The lowest BCUT2D eigenvalue weighted by atomic mass is 10.2. The molecule has 1 aromatic heterocycles. The summed E-state index contributed by atoms with van der Waals surface area (Å²) in [4.78, 5) is 30.5. The van der Waals surface area contributed by atoms with Crippen molar-refractivity contribution in [3.63, 3.8) is 0 Å². The molecule has 0 aliphatic carbocycles. The molecule has 0 saturated heterocycles. The Balaban J connectivity index is 2.03. The van der Waals surface area contributed by atoms with Crippen LogP contribution in [0.2, 0.25) is 0 Å². The molecule has 1 amide bonds. The molecule has 0 spiro atoms. The number of carbonyl (C=O) groups is 1. The number of aromatic amines is 1. The lowest BCUT2D eigenvalue weighted by Crippen LogP contribution is -2.26. The summed E-state index contributed by atoms with van der Waals surface area (Å²) in [6, 6.07) is 9.02. The minimum Gasteiger partial charge on any atom is -0.497 e. The summed E-state index contributed by atoms with van der Waals surface area (Å²) in [7, 11) is 1.62. The van der Waals surface area contributed by atoms with E-state index in [9.17, 15) is 9.59 Å². The first-order chi connectivity index (χ1) is 11.6. The number of benzene rings is 1. The van der Waals surface area contributed by atoms with Gasteiger partial charge in [-0.05, 0) is 17.7 Å². The van der Waals surface area contributed by atoms with E-state index in [-0.39, 0.29) is 17.9 Å². The van der Waals surface area contributed by atoms with Crippen LogP contribution in [0.4, 0.5) is 0 Å². The standard InChI is InChI=1S/C17H19N3O3S/c1-3-7-18-15(21)9-13-10-16(22)20-17(19-13)24-11-12-5-4-6-14(8-12)23-2/h3-6,8,10H,1,7,9,11H2,2H3,(H,18,21)(H,19,20,22). The van der Waals surface area contributed by atoms with Crippen molar-refractivity contribution in [1.82, 2.24) is 15.3 Å². The number of nitrogens with one attached hydrogen (secondary N) is 2. The fourth-order valence-corrected chi connectivity index (χ4v) is 2.81. The highest BCUT2D eigenvalue weighted by molar-refractivity contribution is 7.98. The van der Waals surface area contributed by atoms with Gasteiger partial charge in [0.1, 0.15) is 5.75 Å². The smallest absolute Gasteiger partial charge is 0.251 e. The third-order valence-corrected chi connectivity index (χ3v) is 4.01. The zero-order valence-corrected chi connectivity index (χ0v) is 14.2. The molecule has 2 N–H and O–H groups in total. The molecule has 0 unspecified atom stereocenters. The topological polar surface area (TPSA) is 84.1 Å². The molecule has 0 saturated carbocycles. The lowest BCUT2D eigenvalue weighted by molar-refractivity contribution is -0.120. The molecule has 24 heavy (non-hydrogen) atoms. The molecule has 6 nitrogen and oxygen atoms in total. The first-order valence-corrected chi connectivity index (χ1v) is 8.33. The summed E-state index contributed by atoms with van der Waals surface area (Å²) in [6.07, 6.45) is 1.66. The van der Waals surface area contributed by atoms with Gasteiger partial charge in [0.2, 0.25) is 5.91 Å². The SMILES string of the molecule is C=CCNC(=O)Cc1cc(=O)[nH]c(SCc2cccc(OC)c2)n1. The van der Waals surface area contributed by atoms with Gasteiger partial charge in [-0.15, -0.1) is 6.58 Å². The van der Waals surface area contributed by atoms with Gasteiger partial charge in [0.15, 0.2) is 5.16 Å². The molecule has 2 rings (SSSR count). The third kappa shape index (κ3) is 5.58. The Labute approximate surface area is 144 Å². The minimum absolute atomic E-state index is 0.0600. The molecule has 0 fully saturated rings. The molecule has 0 bridgehead atoms. The Hall–Kier alpha value is -2.54. The van der Waals surface area contributed by atoms with Crippen LogP contribution in [-0.4, -0.2) is 29.5 Å². The molecule has 1 aromatic carbocycles. The van der Waals surface area contributed by atoms with Crippen LogP contribution in [0.1, 0.15) is 11.3 Å². The normalized spacial score (nSPS) is 10.2. The van der Waals surface area contributed by atoms with Crippen molar-refractivity contribution in [3.8, 4) is 5.75 Å². The molecule has 7 heteroatoms. The number of amides is 1. The van der Waals surface area contributed by atoms with Crippen LogP contribution < -0.4 is 15.6 Å². The second kappa shape index (κ2) is 8.93. The van der Waals surface area contributed by atoms with Crippen molar-refractivity contribution < 1.29 is 9.53 Å². The van der Waals surface area contributed by atoms with Crippen LogP contribution in [0.5, 0.6) is 5.75 Å². The lowest BCUT2D eigenvalue weighted by Gasteiger charge is -2.06. The Morgan fingerprint density at radius 3 is 3.04 bits per heavy atom. The summed E-state index contributed by atoms with van der Waals surface area (Å²) < 4.78 is 5.19. The predicted molar refractivity (Wildman–Crippen MR) is 94.3 cm³/mol. The van der Waals surface area contributed by atoms with Gasteiger partial charge >= 0.3 is 0 Å². The molecule has 126 valence electrons. The van der Waals surface area contributed by atoms with E-state index in [1.54, 1.807) is 13.2 Å². The van der Waals surface area contributed by atoms with Crippen LogP contribution in [0.25, 0.3) is 0 Å². The number of carbonyl (C=O) groups excluding carboxylic acids is 1. The van der Waals surface area contributed by atoms with E-state index in [4.69, 9.17) is 4.74 Å². The summed E-state index contributed by atoms with van der Waals surface area (Å²) in [5.41, 5.74) is 1.22. The van der Waals surface area contributed by atoms with E-state index < -0.39 is 0 Å². The quantitative estimate of drug-likeness (QED) is 0.434. The van der Waals surface area contributed by atoms with E-state index in [2.05, 4.69) is 21.9 Å². The maximum Gasteiger partial charge on any atom is 0.251 e. The van der Waals surface area contributed by atoms with Crippen LogP contribution >= 0.6 is 11.8 Å². The van der Waals surface area contributed by atoms with Gasteiger partial charge in [0, 0.05) is 18.4 Å². The largest absolute Gasteiger partial charge is 0.497 e. The third-order valence-electron chi connectivity index (χ3n) is 3.07. The Morgan fingerprint density at radius 1 is 1.46 bits per heavy atom. The van der Waals surface area contributed by atoms with Gasteiger partial charge in [0.05, 0.1) is 19.2 Å². The van der Waals surface area contributed by atoms with Crippen LogP contribution in [0, 0.1) is 0 Å². The summed E-state index contributed by atoms with van der Waals surface area (Å²) >= 11 is 1.40. The number of methoxy groups -OCH3 is 1. The van der Waals surface area contributed by atoms with Gasteiger partial charge < -0.3 is 15.0 Å². The van der Waals surface area contributed by atoms with Crippen LogP contribution in [0.3, 0.4) is 0 Å². The van der Waals surface area contributed by atoms with Crippen molar-refractivity contribution in [2.24, 2.45) is 0 Å². The van der Waals surface area contributed by atoms with Crippen molar-refractivity contribution in [1.29, 1.82) is 0 Å². The first-order valence-electron chi connectivity index (χ1n) is 7.34. The number of thioether (sulfide) groups is 1. The zero-order valence-electron chi connectivity index (χ0n) is 13.4. The van der Waals surface area contributed by atoms with Crippen molar-refractivity contribution in [3.05, 3.63) is 64.6 Å². The Kier molecular flexibility index (Phi) is 6.62. The number of ether oxygens (including phenoxy) is 1.